The number of fused-ring (bicyclic) bond motifs is 1. The molecule has 0 unspecified atom stereocenters. The molecule has 0 saturated carbocycles. The Bertz CT molecular complexity index is 1250. The number of amidine groups is 1. The Balaban J connectivity index is 1.49. The Labute approximate surface area is 201 Å². The van der Waals surface area contributed by atoms with Crippen molar-refractivity contribution in [3.63, 3.8) is 0 Å². The smallest absolute Gasteiger partial charge is 0.207 e. The molecule has 2 aliphatic heterocycles. The fourth-order valence-corrected chi connectivity index (χ4v) is 5.40. The van der Waals surface area contributed by atoms with Crippen molar-refractivity contribution in [2.75, 3.05) is 30.9 Å². The third-order valence-electron chi connectivity index (χ3n) is 6.35. The molecule has 2 atom stereocenters. The maximum absolute atomic E-state index is 14.1. The van der Waals surface area contributed by atoms with Gasteiger partial charge >= 0.3 is 0 Å². The summed E-state index contributed by atoms with van der Waals surface area (Å²) in [6.45, 7) is 2.15. The second kappa shape index (κ2) is 9.99. The number of hydrogen-bond acceptors (Lipinski definition) is 7. The minimum Gasteiger partial charge on any atom is -0.379 e. The van der Waals surface area contributed by atoms with Crippen LogP contribution in [0.15, 0.2) is 46.4 Å². The molecule has 1 N–H and O–H groups in total. The van der Waals surface area contributed by atoms with Gasteiger partial charge in [-0.1, -0.05) is 0 Å². The molecule has 2 fully saturated rings. The molecular weight excluding hydrogens is 453 g/mol. The number of anilines is 1. The van der Waals surface area contributed by atoms with Crippen LogP contribution >= 0.6 is 11.8 Å². The van der Waals surface area contributed by atoms with E-state index in [0.29, 0.717) is 23.8 Å². The molecule has 2 saturated heterocycles. The van der Waals surface area contributed by atoms with Crippen LogP contribution in [0, 0.1) is 17.3 Å². The van der Waals surface area contributed by atoms with E-state index in [4.69, 9.17) is 9.84 Å². The average molecular weight is 480 g/mol. The lowest BCUT2D eigenvalue weighted by atomic mass is 10.0. The second-order valence-electron chi connectivity index (χ2n) is 8.46. The van der Waals surface area contributed by atoms with Crippen molar-refractivity contribution < 1.29 is 9.13 Å². The van der Waals surface area contributed by atoms with E-state index in [-0.39, 0.29) is 17.9 Å². The molecule has 5 rings (SSSR count). The third kappa shape index (κ3) is 4.45. The molecular formula is C24H26FN7OS. The number of rotatable bonds is 5. The Hall–Kier alpha value is -3.16. The summed E-state index contributed by atoms with van der Waals surface area (Å²) in [5, 5.41) is 17.5. The second-order valence-corrected chi connectivity index (χ2v) is 9.31. The quantitative estimate of drug-likeness (QED) is 0.257. The van der Waals surface area contributed by atoms with Gasteiger partial charge in [-0.3, -0.25) is 0 Å². The zero-order valence-electron chi connectivity index (χ0n) is 18.9. The van der Waals surface area contributed by atoms with Gasteiger partial charge in [-0.25, -0.2) is 13.9 Å². The van der Waals surface area contributed by atoms with Gasteiger partial charge < -0.3 is 15.0 Å². The molecule has 0 spiro atoms. The Morgan fingerprint density at radius 3 is 3.00 bits per heavy atom. The van der Waals surface area contributed by atoms with Gasteiger partial charge in [0.05, 0.1) is 24.9 Å². The van der Waals surface area contributed by atoms with Gasteiger partial charge in [0.25, 0.3) is 0 Å². The van der Waals surface area contributed by atoms with E-state index in [2.05, 4.69) is 20.2 Å². The number of nitrogens with zero attached hydrogens (tertiary/aromatic N) is 6. The van der Waals surface area contributed by atoms with E-state index in [1.54, 1.807) is 28.5 Å². The number of aromatic nitrogens is 3. The highest BCUT2D eigenvalue weighted by molar-refractivity contribution is 7.98. The Morgan fingerprint density at radius 2 is 2.21 bits per heavy atom. The van der Waals surface area contributed by atoms with Gasteiger partial charge in [0.2, 0.25) is 6.19 Å². The summed E-state index contributed by atoms with van der Waals surface area (Å²) in [6, 6.07) is 8.99. The van der Waals surface area contributed by atoms with Crippen molar-refractivity contribution in [3.8, 4) is 6.19 Å². The van der Waals surface area contributed by atoms with E-state index >= 15 is 0 Å². The average Bonchev–Trinajstić information content (AvgIpc) is 3.51. The number of aliphatic imine (C=N–C) groups is 1. The lowest BCUT2D eigenvalue weighted by Crippen LogP contribution is -2.41. The summed E-state index contributed by atoms with van der Waals surface area (Å²) < 4.78 is 21.4. The van der Waals surface area contributed by atoms with E-state index in [1.165, 1.54) is 6.07 Å². The Kier molecular flexibility index (Phi) is 6.65. The molecule has 0 aliphatic carbocycles. The lowest BCUT2D eigenvalue weighted by Gasteiger charge is -2.27. The van der Waals surface area contributed by atoms with E-state index in [1.807, 2.05) is 30.6 Å². The molecule has 1 aromatic carbocycles. The van der Waals surface area contributed by atoms with Crippen molar-refractivity contribution >= 4 is 29.1 Å². The number of hydrogen-bond donors (Lipinski definition) is 1. The van der Waals surface area contributed by atoms with Crippen LogP contribution in [0.2, 0.25) is 0 Å². The summed E-state index contributed by atoms with van der Waals surface area (Å²) in [4.78, 5) is 11.8. The SMILES string of the molecule is CSc1ccc(F)cc1[C@H]1CCCN1c1ccc2ncc(/C(=N/C#N)N[C@H]3CCCOC3)n2n1. The van der Waals surface area contributed by atoms with Crippen molar-refractivity contribution in [2.45, 2.75) is 42.7 Å². The standard InChI is InChI=1S/C24H26FN7OS/c1-34-21-7-6-16(25)12-18(21)19-5-2-10-31(19)23-9-8-22-27-13-20(32(22)30-23)24(28-15-26)29-17-4-3-11-33-14-17/h6-9,12-13,17,19H,2-5,10-11,14H2,1H3,(H,28,29)/t17-,19+/m0/s1. The van der Waals surface area contributed by atoms with Crippen molar-refractivity contribution in [1.29, 1.82) is 5.26 Å². The first-order valence-electron chi connectivity index (χ1n) is 11.4. The van der Waals surface area contributed by atoms with Crippen LogP contribution in [0.25, 0.3) is 5.65 Å². The number of imidazole rings is 1. The first-order valence-corrected chi connectivity index (χ1v) is 12.7. The number of nitriles is 1. The van der Waals surface area contributed by atoms with Gasteiger partial charge in [0, 0.05) is 18.0 Å². The van der Waals surface area contributed by atoms with Crippen LogP contribution in [-0.4, -0.2) is 52.5 Å². The largest absolute Gasteiger partial charge is 0.379 e. The van der Waals surface area contributed by atoms with Gasteiger partial charge in [0.15, 0.2) is 11.5 Å². The lowest BCUT2D eigenvalue weighted by molar-refractivity contribution is 0.0764. The summed E-state index contributed by atoms with van der Waals surface area (Å²) >= 11 is 1.63. The maximum Gasteiger partial charge on any atom is 0.207 e. The fraction of sp³-hybridized carbons (Fsp3) is 0.417. The predicted octanol–water partition coefficient (Wildman–Crippen LogP) is 3.93. The van der Waals surface area contributed by atoms with Crippen LogP contribution in [0.5, 0.6) is 0 Å². The summed E-state index contributed by atoms with van der Waals surface area (Å²) in [6.07, 6.45) is 9.42. The van der Waals surface area contributed by atoms with Gasteiger partial charge in [0.1, 0.15) is 17.3 Å². The molecule has 0 radical (unpaired) electrons. The minimum atomic E-state index is -0.227. The highest BCUT2D eigenvalue weighted by Crippen LogP contribution is 2.39. The molecule has 0 bridgehead atoms. The van der Waals surface area contributed by atoms with Crippen LogP contribution in [0.4, 0.5) is 10.2 Å². The normalized spacial score (nSPS) is 21.1. The molecule has 0 amide bonds. The molecule has 8 nitrogen and oxygen atoms in total. The summed E-state index contributed by atoms with van der Waals surface area (Å²) in [5.41, 5.74) is 2.27. The van der Waals surface area contributed by atoms with E-state index in [9.17, 15) is 9.65 Å². The highest BCUT2D eigenvalue weighted by Gasteiger charge is 2.30. The Morgan fingerprint density at radius 1 is 1.29 bits per heavy atom. The van der Waals surface area contributed by atoms with Crippen molar-refractivity contribution in [2.24, 2.45) is 4.99 Å². The number of thioether (sulfide) groups is 1. The summed E-state index contributed by atoms with van der Waals surface area (Å²) in [5.74, 6) is 0.987. The topological polar surface area (TPSA) is 90.8 Å². The monoisotopic (exact) mass is 479 g/mol. The van der Waals surface area contributed by atoms with Gasteiger partial charge in [-0.05, 0) is 67.8 Å². The predicted molar refractivity (Wildman–Crippen MR) is 130 cm³/mol. The number of nitrogens with one attached hydrogen (secondary N) is 1. The van der Waals surface area contributed by atoms with E-state index in [0.717, 1.165) is 55.1 Å². The number of halogens is 1. The molecule has 2 aromatic heterocycles. The molecule has 2 aliphatic rings. The first-order chi connectivity index (χ1) is 16.7. The van der Waals surface area contributed by atoms with E-state index < -0.39 is 0 Å². The fourth-order valence-electron chi connectivity index (χ4n) is 4.77. The number of ether oxygens (including phenoxy) is 1. The summed E-state index contributed by atoms with van der Waals surface area (Å²) in [7, 11) is 0. The van der Waals surface area contributed by atoms with Crippen LogP contribution in [-0.2, 0) is 4.74 Å². The first kappa shape index (κ1) is 22.6. The van der Waals surface area contributed by atoms with Crippen molar-refractivity contribution in [1.82, 2.24) is 19.9 Å². The molecule has 10 heteroatoms. The molecule has 4 heterocycles. The molecule has 176 valence electrons. The highest BCUT2D eigenvalue weighted by atomic mass is 32.2. The molecule has 3 aromatic rings. The number of benzene rings is 1. The van der Waals surface area contributed by atoms with Gasteiger partial charge in [-0.15, -0.1) is 16.9 Å². The molecule has 34 heavy (non-hydrogen) atoms. The minimum absolute atomic E-state index is 0.0415. The third-order valence-corrected chi connectivity index (χ3v) is 7.16. The van der Waals surface area contributed by atoms with Crippen LogP contribution in [0.3, 0.4) is 0 Å². The maximum atomic E-state index is 14.1. The van der Waals surface area contributed by atoms with Crippen LogP contribution in [0.1, 0.15) is 43.0 Å². The zero-order valence-corrected chi connectivity index (χ0v) is 19.8. The van der Waals surface area contributed by atoms with Crippen LogP contribution < -0.4 is 10.2 Å². The zero-order chi connectivity index (χ0) is 23.5. The van der Waals surface area contributed by atoms with Gasteiger partial charge in [-0.2, -0.15) is 10.3 Å². The van der Waals surface area contributed by atoms with Crippen molar-refractivity contribution in [3.05, 3.63) is 53.6 Å².